The Hall–Kier alpha value is -0.310. The molecule has 5 heteroatoms. The number of allylic oxidation sites excluding steroid dienone is 1. The molecule has 0 unspecified atom stereocenters. The Kier molecular flexibility index (Phi) is 3.54. The molecule has 0 radical (unpaired) electrons. The van der Waals surface area contributed by atoms with Gasteiger partial charge in [0, 0.05) is 0 Å². The average molecular weight is 152 g/mol. The molecule has 0 fully saturated rings. The third-order valence-corrected chi connectivity index (χ3v) is 0.926. The lowest BCUT2D eigenvalue weighted by atomic mass is 10.5. The molecule has 0 aliphatic rings. The van der Waals surface area contributed by atoms with Crippen LogP contribution in [0.25, 0.3) is 0 Å². The molecule has 0 amide bonds. The van der Waals surface area contributed by atoms with E-state index in [0.29, 0.717) is 6.42 Å². The SMILES string of the molecule is CC/C=C/OP(=O)(O)O. The van der Waals surface area contributed by atoms with E-state index in [1.165, 1.54) is 6.08 Å². The fourth-order valence-corrected chi connectivity index (χ4v) is 0.463. The highest BCUT2D eigenvalue weighted by Crippen LogP contribution is 2.35. The Morgan fingerprint density at radius 3 is 2.56 bits per heavy atom. The van der Waals surface area contributed by atoms with Crippen LogP contribution in [0.1, 0.15) is 13.3 Å². The quantitative estimate of drug-likeness (QED) is 0.468. The molecule has 0 heterocycles. The van der Waals surface area contributed by atoms with E-state index < -0.39 is 7.82 Å². The third kappa shape index (κ3) is 7.69. The van der Waals surface area contributed by atoms with Crippen molar-refractivity contribution < 1.29 is 18.9 Å². The molecule has 0 saturated heterocycles. The fraction of sp³-hybridized carbons (Fsp3) is 0.500. The summed E-state index contributed by atoms with van der Waals surface area (Å²) < 4.78 is 13.9. The molecule has 0 saturated carbocycles. The number of rotatable bonds is 3. The van der Waals surface area contributed by atoms with Gasteiger partial charge in [-0.2, -0.15) is 0 Å². The Morgan fingerprint density at radius 1 is 1.67 bits per heavy atom. The summed E-state index contributed by atoms with van der Waals surface area (Å²) in [4.78, 5) is 16.2. The fourth-order valence-electron chi connectivity index (χ4n) is 0.219. The second kappa shape index (κ2) is 3.67. The van der Waals surface area contributed by atoms with Crippen molar-refractivity contribution in [3.63, 3.8) is 0 Å². The van der Waals surface area contributed by atoms with E-state index in [0.717, 1.165) is 6.26 Å². The van der Waals surface area contributed by atoms with Gasteiger partial charge in [-0.05, 0) is 12.5 Å². The first-order valence-electron chi connectivity index (χ1n) is 2.45. The highest BCUT2D eigenvalue weighted by molar-refractivity contribution is 7.46. The maximum absolute atomic E-state index is 9.93. The monoisotopic (exact) mass is 152 g/mol. The van der Waals surface area contributed by atoms with Gasteiger partial charge < -0.3 is 4.52 Å². The van der Waals surface area contributed by atoms with Crippen molar-refractivity contribution >= 4 is 7.82 Å². The van der Waals surface area contributed by atoms with Gasteiger partial charge in [0.1, 0.15) is 0 Å². The molecule has 0 aromatic rings. The predicted octanol–water partition coefficient (Wildman–Crippen LogP) is 1.02. The summed E-state index contributed by atoms with van der Waals surface area (Å²) in [6.07, 6.45) is 3.21. The van der Waals surface area contributed by atoms with Crippen LogP contribution in [0.3, 0.4) is 0 Å². The van der Waals surface area contributed by atoms with Crippen LogP contribution in [0.2, 0.25) is 0 Å². The normalized spacial score (nSPS) is 12.3. The molecule has 9 heavy (non-hydrogen) atoms. The minimum Gasteiger partial charge on any atom is -0.413 e. The van der Waals surface area contributed by atoms with Crippen LogP contribution in [-0.4, -0.2) is 9.79 Å². The smallest absolute Gasteiger partial charge is 0.413 e. The van der Waals surface area contributed by atoms with E-state index in [1.807, 2.05) is 6.92 Å². The van der Waals surface area contributed by atoms with Crippen LogP contribution < -0.4 is 0 Å². The Labute approximate surface area is 53.4 Å². The van der Waals surface area contributed by atoms with E-state index >= 15 is 0 Å². The molecule has 0 aromatic heterocycles. The number of hydrogen-bond donors (Lipinski definition) is 2. The largest absolute Gasteiger partial charge is 0.524 e. The van der Waals surface area contributed by atoms with Gasteiger partial charge in [-0.25, -0.2) is 4.57 Å². The molecule has 2 N–H and O–H groups in total. The van der Waals surface area contributed by atoms with Crippen LogP contribution >= 0.6 is 7.82 Å². The van der Waals surface area contributed by atoms with Gasteiger partial charge in [0.2, 0.25) is 0 Å². The summed E-state index contributed by atoms with van der Waals surface area (Å²) in [7, 11) is -4.28. The lowest BCUT2D eigenvalue weighted by molar-refractivity contribution is 0.258. The van der Waals surface area contributed by atoms with Crippen LogP contribution in [0.5, 0.6) is 0 Å². The highest BCUT2D eigenvalue weighted by Gasteiger charge is 2.10. The Bertz CT molecular complexity index is 136. The van der Waals surface area contributed by atoms with Gasteiger partial charge in [0.15, 0.2) is 0 Å². The third-order valence-electron chi connectivity index (χ3n) is 0.530. The molecule has 4 nitrogen and oxygen atoms in total. The van der Waals surface area contributed by atoms with Crippen molar-refractivity contribution in [3.8, 4) is 0 Å². The van der Waals surface area contributed by atoms with Gasteiger partial charge in [-0.1, -0.05) is 6.92 Å². The summed E-state index contributed by atoms with van der Waals surface area (Å²) in [5, 5.41) is 0. The van der Waals surface area contributed by atoms with Crippen LogP contribution in [0.15, 0.2) is 12.3 Å². The second-order valence-corrected chi connectivity index (χ2v) is 2.57. The lowest BCUT2D eigenvalue weighted by Gasteiger charge is -1.98. The molecular formula is C4H9O4P. The summed E-state index contributed by atoms with van der Waals surface area (Å²) in [5.74, 6) is 0. The molecule has 0 aromatic carbocycles. The van der Waals surface area contributed by atoms with Crippen molar-refractivity contribution in [1.82, 2.24) is 0 Å². The molecule has 0 bridgehead atoms. The minimum atomic E-state index is -4.28. The summed E-state index contributed by atoms with van der Waals surface area (Å²) in [5.41, 5.74) is 0. The first kappa shape index (κ1) is 8.69. The van der Waals surface area contributed by atoms with Gasteiger partial charge in [-0.3, -0.25) is 9.79 Å². The van der Waals surface area contributed by atoms with Crippen molar-refractivity contribution in [3.05, 3.63) is 12.3 Å². The maximum Gasteiger partial charge on any atom is 0.524 e. The van der Waals surface area contributed by atoms with Crippen molar-refractivity contribution in [2.24, 2.45) is 0 Å². The molecule has 54 valence electrons. The van der Waals surface area contributed by atoms with Gasteiger partial charge in [-0.15, -0.1) is 0 Å². The number of phosphoric ester groups is 1. The summed E-state index contributed by atoms with van der Waals surface area (Å²) >= 11 is 0. The zero-order valence-electron chi connectivity index (χ0n) is 5.02. The van der Waals surface area contributed by atoms with Crippen molar-refractivity contribution in [2.45, 2.75) is 13.3 Å². The second-order valence-electron chi connectivity index (χ2n) is 1.38. The predicted molar refractivity (Wildman–Crippen MR) is 32.6 cm³/mol. The topological polar surface area (TPSA) is 66.8 Å². The van der Waals surface area contributed by atoms with E-state index in [4.69, 9.17) is 9.79 Å². The number of phosphoric acid groups is 1. The molecule has 0 spiro atoms. The molecule has 0 aliphatic heterocycles. The van der Waals surface area contributed by atoms with E-state index in [2.05, 4.69) is 4.52 Å². The maximum atomic E-state index is 9.93. The summed E-state index contributed by atoms with van der Waals surface area (Å²) in [6, 6.07) is 0. The van der Waals surface area contributed by atoms with E-state index in [9.17, 15) is 4.57 Å². The summed E-state index contributed by atoms with van der Waals surface area (Å²) in [6.45, 7) is 1.83. The molecule has 0 rings (SSSR count). The van der Waals surface area contributed by atoms with Crippen molar-refractivity contribution in [2.75, 3.05) is 0 Å². The zero-order valence-corrected chi connectivity index (χ0v) is 5.91. The molecular weight excluding hydrogens is 143 g/mol. The van der Waals surface area contributed by atoms with Crippen LogP contribution in [-0.2, 0) is 9.09 Å². The van der Waals surface area contributed by atoms with E-state index in [1.54, 1.807) is 0 Å². The standard InChI is InChI=1S/C4H9O4P/c1-2-3-4-8-9(5,6)7/h3-4H,2H2,1H3,(H2,5,6,7)/b4-3+. The molecule has 0 aliphatic carbocycles. The zero-order chi connectivity index (χ0) is 7.33. The van der Waals surface area contributed by atoms with Gasteiger partial charge >= 0.3 is 7.82 Å². The Balaban J connectivity index is 3.51. The minimum absolute atomic E-state index is 0.694. The first-order chi connectivity index (χ1) is 4.06. The van der Waals surface area contributed by atoms with Crippen molar-refractivity contribution in [1.29, 1.82) is 0 Å². The van der Waals surface area contributed by atoms with Crippen LogP contribution in [0, 0.1) is 0 Å². The van der Waals surface area contributed by atoms with Gasteiger partial charge in [0.25, 0.3) is 0 Å². The molecule has 0 atom stereocenters. The average Bonchev–Trinajstić information content (AvgIpc) is 1.63. The first-order valence-corrected chi connectivity index (χ1v) is 3.98. The lowest BCUT2D eigenvalue weighted by Crippen LogP contribution is -1.76. The highest BCUT2D eigenvalue weighted by atomic mass is 31.2. The van der Waals surface area contributed by atoms with E-state index in [-0.39, 0.29) is 0 Å². The van der Waals surface area contributed by atoms with Gasteiger partial charge in [0.05, 0.1) is 6.26 Å². The Morgan fingerprint density at radius 2 is 2.22 bits per heavy atom. The van der Waals surface area contributed by atoms with Crippen LogP contribution in [0.4, 0.5) is 0 Å². The number of hydrogen-bond acceptors (Lipinski definition) is 2.